The van der Waals surface area contributed by atoms with Crippen molar-refractivity contribution in [2.45, 2.75) is 22.5 Å². The highest BCUT2D eigenvalue weighted by Crippen LogP contribution is 2.43. The van der Waals surface area contributed by atoms with Crippen molar-refractivity contribution in [2.75, 3.05) is 11.9 Å². The van der Waals surface area contributed by atoms with E-state index in [1.54, 1.807) is 12.1 Å². The zero-order chi connectivity index (χ0) is 17.4. The first kappa shape index (κ1) is 17.4. The number of fused-ring (bicyclic) bond motifs is 1. The normalized spacial score (nSPS) is 29.5. The molecule has 1 aliphatic carbocycles. The maximum Gasteiger partial charge on any atom is 0.244 e. The number of phenols is 1. The summed E-state index contributed by atoms with van der Waals surface area (Å²) in [5, 5.41) is 12.0. The molecule has 1 heterocycles. The van der Waals surface area contributed by atoms with Crippen molar-refractivity contribution >= 4 is 55.3 Å². The van der Waals surface area contributed by atoms with Crippen molar-refractivity contribution in [1.29, 1.82) is 0 Å². The number of alkyl halides is 2. The van der Waals surface area contributed by atoms with E-state index >= 15 is 0 Å². The maximum absolute atomic E-state index is 12.5. The van der Waals surface area contributed by atoms with Gasteiger partial charge in [-0.3, -0.25) is 19.3 Å². The first-order chi connectivity index (χ1) is 11.4. The van der Waals surface area contributed by atoms with E-state index < -0.39 is 5.91 Å². The Kier molecular flexibility index (Phi) is 4.96. The maximum atomic E-state index is 12.5. The third-order valence-electron chi connectivity index (χ3n) is 4.43. The molecule has 0 spiro atoms. The Morgan fingerprint density at radius 3 is 2.29 bits per heavy atom. The smallest absolute Gasteiger partial charge is 0.244 e. The minimum absolute atomic E-state index is 0.0267. The van der Waals surface area contributed by atoms with E-state index in [0.717, 1.165) is 4.90 Å². The average molecular weight is 460 g/mol. The van der Waals surface area contributed by atoms with Crippen LogP contribution in [-0.4, -0.2) is 43.9 Å². The molecule has 1 saturated carbocycles. The second-order valence-corrected chi connectivity index (χ2v) is 8.43. The second-order valence-electron chi connectivity index (χ2n) is 6.08. The van der Waals surface area contributed by atoms with E-state index in [4.69, 9.17) is 0 Å². The lowest BCUT2D eigenvalue weighted by Crippen LogP contribution is -2.38. The third kappa shape index (κ3) is 3.35. The van der Waals surface area contributed by atoms with Crippen LogP contribution in [0.5, 0.6) is 5.75 Å². The fraction of sp³-hybridized carbons (Fsp3) is 0.438. The fourth-order valence-corrected chi connectivity index (χ4v) is 4.48. The van der Waals surface area contributed by atoms with Gasteiger partial charge >= 0.3 is 0 Å². The monoisotopic (exact) mass is 458 g/mol. The minimum atomic E-state index is -0.466. The number of anilines is 1. The first-order valence-electron chi connectivity index (χ1n) is 7.59. The van der Waals surface area contributed by atoms with Crippen LogP contribution in [0.4, 0.5) is 5.69 Å². The van der Waals surface area contributed by atoms with E-state index in [1.807, 2.05) is 0 Å². The van der Waals surface area contributed by atoms with E-state index in [1.165, 1.54) is 12.1 Å². The van der Waals surface area contributed by atoms with Gasteiger partial charge in [-0.25, -0.2) is 0 Å². The van der Waals surface area contributed by atoms with E-state index in [0.29, 0.717) is 18.5 Å². The molecule has 6 nitrogen and oxygen atoms in total. The lowest BCUT2D eigenvalue weighted by molar-refractivity contribution is -0.142. The van der Waals surface area contributed by atoms with Crippen LogP contribution in [-0.2, 0) is 14.4 Å². The summed E-state index contributed by atoms with van der Waals surface area (Å²) in [6, 6.07) is 6.10. The summed E-state index contributed by atoms with van der Waals surface area (Å²) in [6.07, 6.45) is 1.16. The van der Waals surface area contributed by atoms with Crippen molar-refractivity contribution in [3.8, 4) is 5.75 Å². The zero-order valence-corrected chi connectivity index (χ0v) is 15.8. The molecule has 1 aromatic rings. The number of phenolic OH excluding ortho intramolecular Hbond substituents is 1. The Balaban J connectivity index is 1.68. The summed E-state index contributed by atoms with van der Waals surface area (Å²) in [5.41, 5.74) is 0.414. The topological polar surface area (TPSA) is 86.7 Å². The molecule has 3 rings (SSSR count). The number of aromatic hydroxyl groups is 1. The highest BCUT2D eigenvalue weighted by Gasteiger charge is 2.52. The molecule has 8 heteroatoms. The van der Waals surface area contributed by atoms with Crippen LogP contribution < -0.4 is 5.32 Å². The number of hydrogen-bond donors (Lipinski definition) is 2. The molecule has 4 atom stereocenters. The molecule has 1 aliphatic heterocycles. The molecule has 2 fully saturated rings. The SMILES string of the molecule is O=C(CN1C(=O)[C@@H]2C[C@H](Br)[C@@H](Br)C[C@H]2C1=O)Nc1cccc(O)c1. The number of carbonyl (C=O) groups excluding carboxylic acids is 3. The van der Waals surface area contributed by atoms with Crippen LogP contribution in [0.3, 0.4) is 0 Å². The average Bonchev–Trinajstić information content (AvgIpc) is 2.73. The molecule has 0 unspecified atom stereocenters. The molecule has 1 aromatic carbocycles. The number of rotatable bonds is 3. The van der Waals surface area contributed by atoms with Crippen molar-refractivity contribution in [3.05, 3.63) is 24.3 Å². The lowest BCUT2D eigenvalue weighted by atomic mass is 9.81. The number of amides is 3. The van der Waals surface area contributed by atoms with E-state index in [9.17, 15) is 19.5 Å². The van der Waals surface area contributed by atoms with Gasteiger partial charge in [0.2, 0.25) is 17.7 Å². The Labute approximate surface area is 155 Å². The van der Waals surface area contributed by atoms with Crippen LogP contribution in [0.25, 0.3) is 0 Å². The third-order valence-corrected chi connectivity index (χ3v) is 7.17. The summed E-state index contributed by atoms with van der Waals surface area (Å²) in [5.74, 6) is -1.71. The van der Waals surface area contributed by atoms with Gasteiger partial charge in [0.15, 0.2) is 0 Å². The number of benzene rings is 1. The van der Waals surface area contributed by atoms with Crippen LogP contribution in [0.1, 0.15) is 12.8 Å². The molecule has 0 radical (unpaired) electrons. The molecule has 0 aromatic heterocycles. The predicted octanol–water partition coefficient (Wildman–Crippen LogP) is 2.25. The van der Waals surface area contributed by atoms with Gasteiger partial charge in [-0.1, -0.05) is 37.9 Å². The van der Waals surface area contributed by atoms with Crippen molar-refractivity contribution < 1.29 is 19.5 Å². The molecular formula is C16H16Br2N2O4. The van der Waals surface area contributed by atoms with Gasteiger partial charge in [0.25, 0.3) is 0 Å². The van der Waals surface area contributed by atoms with Crippen LogP contribution in [0, 0.1) is 11.8 Å². The highest BCUT2D eigenvalue weighted by atomic mass is 79.9. The summed E-state index contributed by atoms with van der Waals surface area (Å²) in [4.78, 5) is 38.5. The number of carbonyl (C=O) groups is 3. The lowest BCUT2D eigenvalue weighted by Gasteiger charge is -2.29. The van der Waals surface area contributed by atoms with Crippen LogP contribution in [0.2, 0.25) is 0 Å². The molecule has 128 valence electrons. The van der Waals surface area contributed by atoms with Crippen molar-refractivity contribution in [1.82, 2.24) is 4.90 Å². The largest absolute Gasteiger partial charge is 0.508 e. The molecule has 2 N–H and O–H groups in total. The highest BCUT2D eigenvalue weighted by molar-refractivity contribution is 9.12. The number of halogens is 2. The Morgan fingerprint density at radius 1 is 1.17 bits per heavy atom. The van der Waals surface area contributed by atoms with Gasteiger partial charge in [0, 0.05) is 21.4 Å². The Hall–Kier alpha value is -1.41. The summed E-state index contributed by atoms with van der Waals surface area (Å²) < 4.78 is 0. The number of likely N-dealkylation sites (tertiary alicyclic amines) is 1. The van der Waals surface area contributed by atoms with Gasteiger partial charge in [-0.15, -0.1) is 0 Å². The van der Waals surface area contributed by atoms with Gasteiger partial charge in [-0.05, 0) is 25.0 Å². The molecule has 3 amide bonds. The van der Waals surface area contributed by atoms with Gasteiger partial charge in [-0.2, -0.15) is 0 Å². The van der Waals surface area contributed by atoms with Gasteiger partial charge < -0.3 is 10.4 Å². The fourth-order valence-electron chi connectivity index (χ4n) is 3.25. The van der Waals surface area contributed by atoms with Crippen LogP contribution >= 0.6 is 31.9 Å². The van der Waals surface area contributed by atoms with Gasteiger partial charge in [0.1, 0.15) is 12.3 Å². The summed E-state index contributed by atoms with van der Waals surface area (Å²) in [7, 11) is 0. The number of hydrogen-bond acceptors (Lipinski definition) is 4. The summed E-state index contributed by atoms with van der Waals surface area (Å²) in [6.45, 7) is -0.305. The Bertz CT molecular complexity index is 668. The molecule has 1 saturated heterocycles. The van der Waals surface area contributed by atoms with Gasteiger partial charge in [0.05, 0.1) is 11.8 Å². The van der Waals surface area contributed by atoms with Crippen LogP contribution in [0.15, 0.2) is 24.3 Å². The number of imide groups is 1. The summed E-state index contributed by atoms with van der Waals surface area (Å²) >= 11 is 7.05. The van der Waals surface area contributed by atoms with E-state index in [2.05, 4.69) is 37.2 Å². The Morgan fingerprint density at radius 2 is 1.75 bits per heavy atom. The zero-order valence-electron chi connectivity index (χ0n) is 12.6. The van der Waals surface area contributed by atoms with E-state index in [-0.39, 0.29) is 45.6 Å². The molecule has 0 bridgehead atoms. The standard InChI is InChI=1S/C16H16Br2N2O4/c17-12-5-10-11(6-13(12)18)16(24)20(15(10)23)7-14(22)19-8-2-1-3-9(21)4-8/h1-4,10-13,21H,5-7H2,(H,19,22)/t10-,11-,12+,13+/m1/s1. The molecule has 24 heavy (non-hydrogen) atoms. The molecule has 2 aliphatic rings. The first-order valence-corrected chi connectivity index (χ1v) is 9.42. The second kappa shape index (κ2) is 6.84. The predicted molar refractivity (Wildman–Crippen MR) is 95.1 cm³/mol. The quantitative estimate of drug-likeness (QED) is 0.536. The number of nitrogens with zero attached hydrogens (tertiary/aromatic N) is 1. The van der Waals surface area contributed by atoms with Crippen molar-refractivity contribution in [3.63, 3.8) is 0 Å². The van der Waals surface area contributed by atoms with Crippen molar-refractivity contribution in [2.24, 2.45) is 11.8 Å². The molecular weight excluding hydrogens is 444 g/mol. The minimum Gasteiger partial charge on any atom is -0.508 e. The number of nitrogens with one attached hydrogen (secondary N) is 1.